The van der Waals surface area contributed by atoms with Gasteiger partial charge in [0.05, 0.1) is 11.6 Å². The van der Waals surface area contributed by atoms with Gasteiger partial charge >= 0.3 is 0 Å². The van der Waals surface area contributed by atoms with Gasteiger partial charge in [0.25, 0.3) is 5.91 Å². The predicted molar refractivity (Wildman–Crippen MR) is 103 cm³/mol. The maximum Gasteiger partial charge on any atom is 0.272 e. The van der Waals surface area contributed by atoms with Crippen LogP contribution in [0.3, 0.4) is 0 Å². The Hall–Kier alpha value is -1.82. The fraction of sp³-hybridized carbons (Fsp3) is 0.500. The predicted octanol–water partition coefficient (Wildman–Crippen LogP) is 4.87. The molecule has 0 radical (unpaired) electrons. The molecular weight excluding hydrogens is 349 g/mol. The molecule has 0 saturated carbocycles. The van der Waals surface area contributed by atoms with Crippen molar-refractivity contribution < 1.29 is 9.18 Å². The van der Waals surface area contributed by atoms with E-state index in [9.17, 15) is 9.18 Å². The minimum Gasteiger partial charge on any atom is -0.344 e. The van der Waals surface area contributed by atoms with Crippen LogP contribution < -0.4 is 5.32 Å². The summed E-state index contributed by atoms with van der Waals surface area (Å²) in [6.07, 6.45) is 0.782. The Bertz CT molecular complexity index is 823. The topological polar surface area (TPSA) is 46.9 Å². The summed E-state index contributed by atoms with van der Waals surface area (Å²) in [6, 6.07) is 6.75. The summed E-state index contributed by atoms with van der Waals surface area (Å²) < 4.78 is 16.0. The van der Waals surface area contributed by atoms with Crippen molar-refractivity contribution in [2.45, 2.75) is 63.4 Å². The van der Waals surface area contributed by atoms with E-state index in [1.54, 1.807) is 6.07 Å². The van der Waals surface area contributed by atoms with Gasteiger partial charge < -0.3 is 5.32 Å². The SMILES string of the molecule is CC(C)c1cc(C(=O)NC2CCSc3c(F)cccc32)nn1C(C)(C)C. The van der Waals surface area contributed by atoms with Crippen LogP contribution in [0.5, 0.6) is 0 Å². The number of carbonyl (C=O) groups is 1. The largest absolute Gasteiger partial charge is 0.344 e. The molecule has 6 heteroatoms. The fourth-order valence-electron chi connectivity index (χ4n) is 3.22. The van der Waals surface area contributed by atoms with Gasteiger partial charge in [-0.25, -0.2) is 4.39 Å². The van der Waals surface area contributed by atoms with E-state index in [4.69, 9.17) is 0 Å². The Kier molecular flexibility index (Phi) is 5.15. The highest BCUT2D eigenvalue weighted by atomic mass is 32.2. The highest BCUT2D eigenvalue weighted by Crippen LogP contribution is 2.37. The molecule has 1 atom stereocenters. The van der Waals surface area contributed by atoms with Crippen molar-refractivity contribution in [3.05, 3.63) is 47.0 Å². The molecule has 0 spiro atoms. The Morgan fingerprint density at radius 3 is 2.73 bits per heavy atom. The van der Waals surface area contributed by atoms with E-state index in [0.29, 0.717) is 10.6 Å². The third kappa shape index (κ3) is 3.65. The average molecular weight is 376 g/mol. The van der Waals surface area contributed by atoms with Crippen LogP contribution in [-0.4, -0.2) is 21.4 Å². The minimum atomic E-state index is -0.217. The zero-order valence-electron chi connectivity index (χ0n) is 16.0. The molecule has 26 heavy (non-hydrogen) atoms. The first-order valence-corrected chi connectivity index (χ1v) is 9.99. The lowest BCUT2D eigenvalue weighted by Crippen LogP contribution is -2.32. The third-order valence-electron chi connectivity index (χ3n) is 4.53. The molecule has 1 aliphatic rings. The number of hydrogen-bond donors (Lipinski definition) is 1. The Labute approximate surface area is 158 Å². The lowest BCUT2D eigenvalue weighted by Gasteiger charge is -2.26. The normalized spacial score (nSPS) is 17.3. The lowest BCUT2D eigenvalue weighted by atomic mass is 10.0. The van der Waals surface area contributed by atoms with E-state index < -0.39 is 0 Å². The molecule has 0 fully saturated rings. The number of nitrogens with zero attached hydrogens (tertiary/aromatic N) is 2. The number of rotatable bonds is 3. The highest BCUT2D eigenvalue weighted by molar-refractivity contribution is 7.99. The summed E-state index contributed by atoms with van der Waals surface area (Å²) in [7, 11) is 0. The van der Waals surface area contributed by atoms with Crippen molar-refractivity contribution in [1.82, 2.24) is 15.1 Å². The van der Waals surface area contributed by atoms with Crippen molar-refractivity contribution in [3.63, 3.8) is 0 Å². The second-order valence-electron chi connectivity index (χ2n) is 8.01. The number of halogens is 1. The molecule has 1 aromatic heterocycles. The Balaban J connectivity index is 1.87. The van der Waals surface area contributed by atoms with E-state index in [-0.39, 0.29) is 29.2 Å². The van der Waals surface area contributed by atoms with E-state index >= 15 is 0 Å². The molecule has 0 saturated heterocycles. The van der Waals surface area contributed by atoms with Crippen LogP contribution in [0.4, 0.5) is 4.39 Å². The molecule has 1 aromatic carbocycles. The van der Waals surface area contributed by atoms with Gasteiger partial charge in [0, 0.05) is 16.3 Å². The van der Waals surface area contributed by atoms with Crippen LogP contribution in [0, 0.1) is 5.82 Å². The number of benzene rings is 1. The Morgan fingerprint density at radius 1 is 1.38 bits per heavy atom. The average Bonchev–Trinajstić information content (AvgIpc) is 3.02. The second kappa shape index (κ2) is 7.06. The molecular formula is C20H26FN3OS. The molecule has 4 nitrogen and oxygen atoms in total. The molecule has 2 heterocycles. The number of aromatic nitrogens is 2. The van der Waals surface area contributed by atoms with Crippen LogP contribution in [0.1, 0.15) is 74.7 Å². The number of thioether (sulfide) groups is 1. The number of nitrogens with one attached hydrogen (secondary N) is 1. The molecule has 2 aromatic rings. The molecule has 1 aliphatic heterocycles. The zero-order valence-corrected chi connectivity index (χ0v) is 16.8. The van der Waals surface area contributed by atoms with Gasteiger partial charge in [-0.05, 0) is 50.8 Å². The summed E-state index contributed by atoms with van der Waals surface area (Å²) in [5, 5.41) is 7.62. The van der Waals surface area contributed by atoms with E-state index in [1.165, 1.54) is 17.8 Å². The maximum atomic E-state index is 14.0. The first-order chi connectivity index (χ1) is 12.2. The van der Waals surface area contributed by atoms with Gasteiger partial charge in [-0.2, -0.15) is 5.10 Å². The van der Waals surface area contributed by atoms with Gasteiger partial charge in [-0.3, -0.25) is 9.48 Å². The van der Waals surface area contributed by atoms with Crippen molar-refractivity contribution >= 4 is 17.7 Å². The molecule has 1 N–H and O–H groups in total. The van der Waals surface area contributed by atoms with Gasteiger partial charge in [-0.1, -0.05) is 26.0 Å². The maximum absolute atomic E-state index is 14.0. The van der Waals surface area contributed by atoms with Crippen molar-refractivity contribution in [3.8, 4) is 0 Å². The standard InChI is InChI=1S/C20H26FN3OS/c1-12(2)17-11-16(23-24(17)20(3,4)5)19(25)22-15-9-10-26-18-13(15)7-6-8-14(18)21/h6-8,11-12,15H,9-10H2,1-5H3,(H,22,25). The molecule has 0 aliphatic carbocycles. The number of fused-ring (bicyclic) bond motifs is 1. The smallest absolute Gasteiger partial charge is 0.272 e. The second-order valence-corrected chi connectivity index (χ2v) is 9.12. The lowest BCUT2D eigenvalue weighted by molar-refractivity contribution is 0.0928. The number of amides is 1. The first-order valence-electron chi connectivity index (χ1n) is 9.01. The van der Waals surface area contributed by atoms with Gasteiger partial charge in [0.1, 0.15) is 11.5 Å². The summed E-state index contributed by atoms with van der Waals surface area (Å²) in [4.78, 5) is 13.5. The van der Waals surface area contributed by atoms with E-state index in [1.807, 2.05) is 16.8 Å². The number of carbonyl (C=O) groups excluding carboxylic acids is 1. The monoisotopic (exact) mass is 375 g/mol. The first kappa shape index (κ1) is 19.0. The van der Waals surface area contributed by atoms with Crippen LogP contribution in [0.2, 0.25) is 0 Å². The van der Waals surface area contributed by atoms with E-state index in [2.05, 4.69) is 45.0 Å². The van der Waals surface area contributed by atoms with Gasteiger partial charge in [0.2, 0.25) is 0 Å². The van der Waals surface area contributed by atoms with Crippen molar-refractivity contribution in [2.75, 3.05) is 5.75 Å². The zero-order chi connectivity index (χ0) is 19.1. The van der Waals surface area contributed by atoms with Crippen LogP contribution in [0.25, 0.3) is 0 Å². The Morgan fingerprint density at radius 2 is 2.12 bits per heavy atom. The van der Waals surface area contributed by atoms with Crippen LogP contribution in [-0.2, 0) is 5.54 Å². The molecule has 1 unspecified atom stereocenters. The van der Waals surface area contributed by atoms with Gasteiger partial charge in [0.15, 0.2) is 0 Å². The quantitative estimate of drug-likeness (QED) is 0.833. The van der Waals surface area contributed by atoms with E-state index in [0.717, 1.165) is 23.4 Å². The molecule has 1 amide bonds. The molecule has 3 rings (SSSR count). The summed E-state index contributed by atoms with van der Waals surface area (Å²) in [6.45, 7) is 10.4. The van der Waals surface area contributed by atoms with Crippen LogP contribution >= 0.6 is 11.8 Å². The summed E-state index contributed by atoms with van der Waals surface area (Å²) in [5.41, 5.74) is 2.11. The van der Waals surface area contributed by atoms with Crippen molar-refractivity contribution in [1.29, 1.82) is 0 Å². The minimum absolute atomic E-state index is 0.184. The van der Waals surface area contributed by atoms with Crippen molar-refractivity contribution in [2.24, 2.45) is 0 Å². The van der Waals surface area contributed by atoms with Crippen LogP contribution in [0.15, 0.2) is 29.2 Å². The summed E-state index contributed by atoms with van der Waals surface area (Å²) in [5.74, 6) is 0.628. The fourth-order valence-corrected chi connectivity index (χ4v) is 4.36. The third-order valence-corrected chi connectivity index (χ3v) is 5.69. The molecule has 140 valence electrons. The number of hydrogen-bond acceptors (Lipinski definition) is 3. The van der Waals surface area contributed by atoms with Gasteiger partial charge in [-0.15, -0.1) is 11.8 Å². The summed E-state index contributed by atoms with van der Waals surface area (Å²) >= 11 is 1.51. The molecule has 0 bridgehead atoms. The highest BCUT2D eigenvalue weighted by Gasteiger charge is 2.27.